The van der Waals surface area contributed by atoms with E-state index in [4.69, 9.17) is 9.26 Å². The average Bonchev–Trinajstić information content (AvgIpc) is 3.22. The maximum absolute atomic E-state index is 12.1. The maximum Gasteiger partial charge on any atom is 0.257 e. The molecule has 3 aromatic rings. The zero-order valence-corrected chi connectivity index (χ0v) is 16.1. The molecule has 2 aromatic carbocycles. The second-order valence-corrected chi connectivity index (χ2v) is 6.19. The van der Waals surface area contributed by atoms with Gasteiger partial charge in [-0.2, -0.15) is 4.98 Å². The van der Waals surface area contributed by atoms with Crippen LogP contribution in [0.5, 0.6) is 5.75 Å². The predicted octanol–water partition coefficient (Wildman–Crippen LogP) is 2.82. The molecule has 0 aliphatic rings. The molecular weight excluding hydrogens is 372 g/mol. The Kier molecular flexibility index (Phi) is 6.94. The van der Waals surface area contributed by atoms with Crippen molar-refractivity contribution in [2.75, 3.05) is 18.5 Å². The highest BCUT2D eigenvalue weighted by molar-refractivity contribution is 5.90. The molecule has 0 bridgehead atoms. The monoisotopic (exact) mass is 394 g/mol. The fourth-order valence-electron chi connectivity index (χ4n) is 2.54. The topological polar surface area (TPSA) is 106 Å². The van der Waals surface area contributed by atoms with Crippen molar-refractivity contribution in [3.05, 3.63) is 60.5 Å². The maximum atomic E-state index is 12.1. The van der Waals surface area contributed by atoms with E-state index in [2.05, 4.69) is 20.8 Å². The average molecular weight is 394 g/mol. The van der Waals surface area contributed by atoms with Crippen molar-refractivity contribution in [1.82, 2.24) is 15.5 Å². The van der Waals surface area contributed by atoms with Crippen LogP contribution in [-0.4, -0.2) is 35.1 Å². The molecule has 3 rings (SSSR count). The minimum Gasteiger partial charge on any atom is -0.484 e. The first-order valence-electron chi connectivity index (χ1n) is 9.31. The van der Waals surface area contributed by atoms with Crippen molar-refractivity contribution in [2.45, 2.75) is 19.8 Å². The smallest absolute Gasteiger partial charge is 0.257 e. The van der Waals surface area contributed by atoms with Crippen LogP contribution in [0, 0.1) is 0 Å². The lowest BCUT2D eigenvalue weighted by Gasteiger charge is -2.08. The highest BCUT2D eigenvalue weighted by atomic mass is 16.5. The fourth-order valence-corrected chi connectivity index (χ4v) is 2.54. The zero-order chi connectivity index (χ0) is 20.5. The second-order valence-electron chi connectivity index (χ2n) is 6.19. The SMILES string of the molecule is CCNC(=O)COc1ccc(NC(=O)CCc2nc(-c3ccccc3)no2)cc1. The number of likely N-dealkylation sites (N-methyl/N-ethyl adjacent to an activating group) is 1. The standard InChI is InChI=1S/C21H22N4O4/c1-2-22-19(27)14-28-17-10-8-16(9-11-17)23-18(26)12-13-20-24-21(25-29-20)15-6-4-3-5-7-15/h3-11H,2,12-14H2,1H3,(H,22,27)(H,23,26). The van der Waals surface area contributed by atoms with Crippen molar-refractivity contribution in [1.29, 1.82) is 0 Å². The number of nitrogens with one attached hydrogen (secondary N) is 2. The van der Waals surface area contributed by atoms with Gasteiger partial charge in [-0.1, -0.05) is 35.5 Å². The number of ether oxygens (including phenoxy) is 1. The number of aryl methyl sites for hydroxylation is 1. The highest BCUT2D eigenvalue weighted by Gasteiger charge is 2.11. The molecule has 29 heavy (non-hydrogen) atoms. The lowest BCUT2D eigenvalue weighted by Crippen LogP contribution is -2.28. The third-order valence-electron chi connectivity index (χ3n) is 3.95. The molecule has 0 unspecified atom stereocenters. The van der Waals surface area contributed by atoms with Gasteiger partial charge in [0, 0.05) is 30.6 Å². The van der Waals surface area contributed by atoms with E-state index in [1.165, 1.54) is 0 Å². The van der Waals surface area contributed by atoms with E-state index < -0.39 is 0 Å². The third-order valence-corrected chi connectivity index (χ3v) is 3.95. The number of hydrogen-bond acceptors (Lipinski definition) is 6. The lowest BCUT2D eigenvalue weighted by molar-refractivity contribution is -0.123. The van der Waals surface area contributed by atoms with Crippen LogP contribution >= 0.6 is 0 Å². The molecule has 0 aliphatic heterocycles. The van der Waals surface area contributed by atoms with Crippen LogP contribution in [0.2, 0.25) is 0 Å². The van der Waals surface area contributed by atoms with Crippen LogP contribution in [0.25, 0.3) is 11.4 Å². The Balaban J connectivity index is 1.45. The minimum atomic E-state index is -0.179. The Morgan fingerprint density at radius 3 is 2.52 bits per heavy atom. The normalized spacial score (nSPS) is 10.4. The number of benzene rings is 2. The lowest BCUT2D eigenvalue weighted by atomic mass is 10.2. The zero-order valence-electron chi connectivity index (χ0n) is 16.1. The number of carbonyl (C=O) groups excluding carboxylic acids is 2. The van der Waals surface area contributed by atoms with Gasteiger partial charge in [0.1, 0.15) is 5.75 Å². The molecule has 0 saturated carbocycles. The van der Waals surface area contributed by atoms with Crippen LogP contribution < -0.4 is 15.4 Å². The van der Waals surface area contributed by atoms with E-state index in [0.29, 0.717) is 36.1 Å². The summed E-state index contributed by atoms with van der Waals surface area (Å²) in [7, 11) is 0. The quantitative estimate of drug-likeness (QED) is 0.578. The van der Waals surface area contributed by atoms with Crippen LogP contribution in [0.15, 0.2) is 59.1 Å². The van der Waals surface area contributed by atoms with Crippen LogP contribution in [0.4, 0.5) is 5.69 Å². The predicted molar refractivity (Wildman–Crippen MR) is 107 cm³/mol. The number of anilines is 1. The summed E-state index contributed by atoms with van der Waals surface area (Å²) in [5.74, 6) is 1.12. The molecule has 0 aliphatic carbocycles. The second kappa shape index (κ2) is 10.0. The van der Waals surface area contributed by atoms with Crippen molar-refractivity contribution in [3.8, 4) is 17.1 Å². The Bertz CT molecular complexity index is 939. The molecule has 0 fully saturated rings. The van der Waals surface area contributed by atoms with Crippen LogP contribution in [-0.2, 0) is 16.0 Å². The molecule has 8 nitrogen and oxygen atoms in total. The molecule has 0 saturated heterocycles. The van der Waals surface area contributed by atoms with Gasteiger partial charge in [0.2, 0.25) is 17.6 Å². The van der Waals surface area contributed by atoms with E-state index in [1.807, 2.05) is 37.3 Å². The summed E-state index contributed by atoms with van der Waals surface area (Å²) in [6, 6.07) is 16.3. The number of hydrogen-bond donors (Lipinski definition) is 2. The Morgan fingerprint density at radius 1 is 1.03 bits per heavy atom. The summed E-state index contributed by atoms with van der Waals surface area (Å²) in [6.45, 7) is 2.36. The summed E-state index contributed by atoms with van der Waals surface area (Å²) >= 11 is 0. The number of rotatable bonds is 9. The summed E-state index contributed by atoms with van der Waals surface area (Å²) in [6.07, 6.45) is 0.561. The molecule has 8 heteroatoms. The van der Waals surface area contributed by atoms with Gasteiger partial charge in [-0.15, -0.1) is 0 Å². The molecule has 0 spiro atoms. The largest absolute Gasteiger partial charge is 0.484 e. The number of aromatic nitrogens is 2. The molecular formula is C21H22N4O4. The van der Waals surface area contributed by atoms with E-state index in [1.54, 1.807) is 24.3 Å². The summed E-state index contributed by atoms with van der Waals surface area (Å²) < 4.78 is 10.6. The minimum absolute atomic E-state index is 0.0469. The van der Waals surface area contributed by atoms with Crippen molar-refractivity contribution < 1.29 is 18.8 Å². The molecule has 0 radical (unpaired) electrons. The van der Waals surface area contributed by atoms with Gasteiger partial charge in [-0.3, -0.25) is 9.59 Å². The van der Waals surface area contributed by atoms with Gasteiger partial charge in [-0.25, -0.2) is 0 Å². The fraction of sp³-hybridized carbons (Fsp3) is 0.238. The third kappa shape index (κ3) is 6.17. The summed E-state index contributed by atoms with van der Waals surface area (Å²) in [4.78, 5) is 27.9. The van der Waals surface area contributed by atoms with Gasteiger partial charge in [0.05, 0.1) is 0 Å². The molecule has 1 heterocycles. The van der Waals surface area contributed by atoms with E-state index in [0.717, 1.165) is 5.56 Å². The first-order chi connectivity index (χ1) is 14.1. The van der Waals surface area contributed by atoms with Gasteiger partial charge >= 0.3 is 0 Å². The van der Waals surface area contributed by atoms with Crippen molar-refractivity contribution in [2.24, 2.45) is 0 Å². The Labute approximate surface area is 168 Å². The van der Waals surface area contributed by atoms with Crippen LogP contribution in [0.1, 0.15) is 19.2 Å². The molecule has 2 N–H and O–H groups in total. The number of carbonyl (C=O) groups is 2. The van der Waals surface area contributed by atoms with Crippen LogP contribution in [0.3, 0.4) is 0 Å². The molecule has 2 amide bonds. The number of amides is 2. The van der Waals surface area contributed by atoms with Crippen molar-refractivity contribution >= 4 is 17.5 Å². The van der Waals surface area contributed by atoms with E-state index in [-0.39, 0.29) is 24.8 Å². The van der Waals surface area contributed by atoms with Gasteiger partial charge in [0.25, 0.3) is 5.91 Å². The summed E-state index contributed by atoms with van der Waals surface area (Å²) in [5, 5.41) is 9.39. The Hall–Kier alpha value is -3.68. The van der Waals surface area contributed by atoms with E-state index >= 15 is 0 Å². The van der Waals surface area contributed by atoms with Gasteiger partial charge in [0.15, 0.2) is 6.61 Å². The molecule has 1 aromatic heterocycles. The van der Waals surface area contributed by atoms with Gasteiger partial charge in [-0.05, 0) is 31.2 Å². The summed E-state index contributed by atoms with van der Waals surface area (Å²) in [5.41, 5.74) is 1.50. The van der Waals surface area contributed by atoms with E-state index in [9.17, 15) is 9.59 Å². The molecule has 150 valence electrons. The van der Waals surface area contributed by atoms with Crippen molar-refractivity contribution in [3.63, 3.8) is 0 Å². The van der Waals surface area contributed by atoms with Gasteiger partial charge < -0.3 is 19.9 Å². The number of nitrogens with zero attached hydrogens (tertiary/aromatic N) is 2. The molecule has 0 atom stereocenters. The first kappa shape index (κ1) is 20.1. The highest BCUT2D eigenvalue weighted by Crippen LogP contribution is 2.17. The first-order valence-corrected chi connectivity index (χ1v) is 9.31. The Morgan fingerprint density at radius 2 is 1.79 bits per heavy atom.